The molecule has 0 saturated heterocycles. The summed E-state index contributed by atoms with van der Waals surface area (Å²) in [5.74, 6) is 0. The number of rotatable bonds is 10. The first-order valence-corrected chi connectivity index (χ1v) is 19.3. The van der Waals surface area contributed by atoms with Crippen LogP contribution in [0.2, 0.25) is 0 Å². The zero-order chi connectivity index (χ0) is 39.8. The predicted octanol–water partition coefficient (Wildman–Crippen LogP) is 15.2. The molecule has 0 atom stereocenters. The van der Waals surface area contributed by atoms with Crippen LogP contribution in [0.1, 0.15) is 27.8 Å². The van der Waals surface area contributed by atoms with Gasteiger partial charge in [-0.15, -0.1) is 0 Å². The van der Waals surface area contributed by atoms with Crippen LogP contribution in [0.25, 0.3) is 39.3 Å². The number of anilines is 6. The molecular formula is C54H40N4. The van der Waals surface area contributed by atoms with E-state index in [9.17, 15) is 5.26 Å². The third kappa shape index (κ3) is 7.77. The molecular weight excluding hydrogens is 705 g/mol. The van der Waals surface area contributed by atoms with E-state index >= 15 is 0 Å². The van der Waals surface area contributed by atoms with Gasteiger partial charge in [-0.2, -0.15) is 5.26 Å². The van der Waals surface area contributed by atoms with E-state index in [1.807, 2.05) is 48.5 Å². The lowest BCUT2D eigenvalue weighted by atomic mass is 10.00. The number of nitriles is 1. The highest BCUT2D eigenvalue weighted by Gasteiger charge is 2.18. The van der Waals surface area contributed by atoms with Crippen molar-refractivity contribution in [3.05, 3.63) is 233 Å². The molecule has 0 N–H and O–H groups in total. The second-order valence-corrected chi connectivity index (χ2v) is 14.1. The molecule has 4 heteroatoms. The standard InChI is InChI=1S/C54H40N4/c1-39-12-4-7-15-50(39)43-26-34-48(35-27-43)57(53-18-10-6-14-45(53)38-55)46-30-22-41(23-31-46)20-21-42-24-32-47(33-25-42)58(54-19-11-9-17-52(54)56-3)49-36-28-44(29-37-49)51-16-8-5-13-40(51)2/h4-37H,1-2H3/b21-20+. The molecule has 0 unspecified atom stereocenters. The lowest BCUT2D eigenvalue weighted by Crippen LogP contribution is -2.11. The normalized spacial score (nSPS) is 10.8. The fourth-order valence-corrected chi connectivity index (χ4v) is 7.40. The van der Waals surface area contributed by atoms with Crippen molar-refractivity contribution in [2.45, 2.75) is 13.8 Å². The molecule has 4 nitrogen and oxygen atoms in total. The Hall–Kier alpha value is -7.92. The summed E-state index contributed by atoms with van der Waals surface area (Å²) in [4.78, 5) is 8.14. The Morgan fingerprint density at radius 1 is 0.448 bits per heavy atom. The third-order valence-electron chi connectivity index (χ3n) is 10.4. The van der Waals surface area contributed by atoms with Gasteiger partial charge in [0, 0.05) is 22.7 Å². The highest BCUT2D eigenvalue weighted by atomic mass is 15.2. The zero-order valence-corrected chi connectivity index (χ0v) is 32.4. The maximum Gasteiger partial charge on any atom is 0.210 e. The van der Waals surface area contributed by atoms with Crippen LogP contribution >= 0.6 is 0 Å². The van der Waals surface area contributed by atoms with Crippen LogP contribution in [0, 0.1) is 31.8 Å². The van der Waals surface area contributed by atoms with Gasteiger partial charge >= 0.3 is 0 Å². The quantitative estimate of drug-likeness (QED) is 0.103. The van der Waals surface area contributed by atoms with Gasteiger partial charge in [0.1, 0.15) is 6.07 Å². The zero-order valence-electron chi connectivity index (χ0n) is 32.4. The molecule has 8 aromatic carbocycles. The van der Waals surface area contributed by atoms with Crippen molar-refractivity contribution in [2.24, 2.45) is 0 Å². The molecule has 0 amide bonds. The summed E-state index contributed by atoms with van der Waals surface area (Å²) in [7, 11) is 0. The highest BCUT2D eigenvalue weighted by Crippen LogP contribution is 2.42. The van der Waals surface area contributed by atoms with Crippen molar-refractivity contribution in [3.63, 3.8) is 0 Å². The molecule has 8 aromatic rings. The molecule has 276 valence electrons. The SMILES string of the molecule is [C-]#[N+]c1ccccc1N(c1ccc(/C=C/c2ccc(N(c3ccc(-c4ccccc4C)cc3)c3ccccc3C#N)cc2)cc1)c1ccc(-c2ccccc2C)cc1. The summed E-state index contributed by atoms with van der Waals surface area (Å²) >= 11 is 0. The summed E-state index contributed by atoms with van der Waals surface area (Å²) < 4.78 is 0. The maximum atomic E-state index is 10.1. The Morgan fingerprint density at radius 3 is 1.28 bits per heavy atom. The Bertz CT molecular complexity index is 2610. The van der Waals surface area contributed by atoms with Gasteiger partial charge in [-0.25, -0.2) is 4.85 Å². The van der Waals surface area contributed by atoms with E-state index < -0.39 is 0 Å². The average Bonchev–Trinajstić information content (AvgIpc) is 3.28. The van der Waals surface area contributed by atoms with Crippen LogP contribution in [0.15, 0.2) is 194 Å². The summed E-state index contributed by atoms with van der Waals surface area (Å²) in [6.45, 7) is 12.2. The molecule has 0 spiro atoms. The fraction of sp³-hybridized carbons (Fsp3) is 0.0370. The second-order valence-electron chi connectivity index (χ2n) is 14.1. The van der Waals surface area contributed by atoms with Gasteiger partial charge in [-0.3, -0.25) is 0 Å². The molecule has 0 bridgehead atoms. The fourth-order valence-electron chi connectivity index (χ4n) is 7.40. The van der Waals surface area contributed by atoms with Gasteiger partial charge in [-0.1, -0.05) is 140 Å². The highest BCUT2D eigenvalue weighted by molar-refractivity contribution is 5.87. The van der Waals surface area contributed by atoms with Crippen LogP contribution in [0.4, 0.5) is 39.8 Å². The molecule has 8 rings (SSSR count). The first kappa shape index (κ1) is 37.0. The molecule has 0 radical (unpaired) electrons. The van der Waals surface area contributed by atoms with Gasteiger partial charge < -0.3 is 9.80 Å². The van der Waals surface area contributed by atoms with Crippen molar-refractivity contribution < 1.29 is 0 Å². The number of hydrogen-bond donors (Lipinski definition) is 0. The van der Waals surface area contributed by atoms with Gasteiger partial charge in [0.05, 0.1) is 23.5 Å². The number of aryl methyl sites for hydroxylation is 2. The van der Waals surface area contributed by atoms with Crippen molar-refractivity contribution in [1.82, 2.24) is 0 Å². The molecule has 0 fully saturated rings. The molecule has 0 aromatic heterocycles. The minimum absolute atomic E-state index is 0.590. The van der Waals surface area contributed by atoms with Crippen LogP contribution in [0.5, 0.6) is 0 Å². The Kier molecular flexibility index (Phi) is 10.8. The van der Waals surface area contributed by atoms with E-state index in [1.54, 1.807) is 0 Å². The van der Waals surface area contributed by atoms with Crippen LogP contribution in [-0.4, -0.2) is 0 Å². The first-order valence-electron chi connectivity index (χ1n) is 19.3. The minimum Gasteiger partial charge on any atom is -0.320 e. The van der Waals surface area contributed by atoms with Gasteiger partial charge in [0.15, 0.2) is 0 Å². The van der Waals surface area contributed by atoms with E-state index in [1.165, 1.54) is 22.3 Å². The van der Waals surface area contributed by atoms with Crippen LogP contribution in [-0.2, 0) is 0 Å². The number of para-hydroxylation sites is 3. The number of benzene rings is 8. The Balaban J connectivity index is 1.06. The maximum absolute atomic E-state index is 10.1. The Morgan fingerprint density at radius 2 is 0.828 bits per heavy atom. The van der Waals surface area contributed by atoms with Crippen molar-refractivity contribution in [1.29, 1.82) is 5.26 Å². The summed E-state index contributed by atoms with van der Waals surface area (Å²) in [6, 6.07) is 68.6. The monoisotopic (exact) mass is 744 g/mol. The smallest absolute Gasteiger partial charge is 0.210 e. The van der Waals surface area contributed by atoms with E-state index in [2.05, 4.69) is 192 Å². The molecule has 0 aliphatic heterocycles. The predicted molar refractivity (Wildman–Crippen MR) is 243 cm³/mol. The van der Waals surface area contributed by atoms with E-state index in [-0.39, 0.29) is 0 Å². The van der Waals surface area contributed by atoms with Crippen molar-refractivity contribution in [2.75, 3.05) is 9.80 Å². The number of nitrogens with zero attached hydrogens (tertiary/aromatic N) is 4. The average molecular weight is 745 g/mol. The summed E-state index contributed by atoms with van der Waals surface area (Å²) in [5, 5.41) is 10.1. The van der Waals surface area contributed by atoms with E-state index in [0.29, 0.717) is 11.3 Å². The molecule has 0 saturated carbocycles. The van der Waals surface area contributed by atoms with Gasteiger partial charge in [0.25, 0.3) is 0 Å². The first-order chi connectivity index (χ1) is 28.5. The lowest BCUT2D eigenvalue weighted by molar-refractivity contribution is 1.27. The van der Waals surface area contributed by atoms with Crippen molar-refractivity contribution >= 4 is 52.0 Å². The van der Waals surface area contributed by atoms with Gasteiger partial charge in [-0.05, 0) is 125 Å². The van der Waals surface area contributed by atoms with Crippen molar-refractivity contribution in [3.8, 4) is 28.3 Å². The third-order valence-corrected chi connectivity index (χ3v) is 10.4. The summed E-state index contributed by atoms with van der Waals surface area (Å²) in [6.07, 6.45) is 4.22. The van der Waals surface area contributed by atoms with Crippen LogP contribution in [0.3, 0.4) is 0 Å². The lowest BCUT2D eigenvalue weighted by Gasteiger charge is -2.27. The Labute approximate surface area is 341 Å². The van der Waals surface area contributed by atoms with Crippen LogP contribution < -0.4 is 9.80 Å². The molecule has 0 aliphatic rings. The topological polar surface area (TPSA) is 34.6 Å². The molecule has 0 aliphatic carbocycles. The minimum atomic E-state index is 0.590. The molecule has 0 heterocycles. The van der Waals surface area contributed by atoms with E-state index in [4.69, 9.17) is 6.57 Å². The molecule has 58 heavy (non-hydrogen) atoms. The summed E-state index contributed by atoms with van der Waals surface area (Å²) in [5.41, 5.74) is 16.0. The number of hydrogen-bond acceptors (Lipinski definition) is 3. The second kappa shape index (κ2) is 16.8. The van der Waals surface area contributed by atoms with Gasteiger partial charge in [0.2, 0.25) is 5.69 Å². The van der Waals surface area contributed by atoms with E-state index in [0.717, 1.165) is 56.4 Å². The largest absolute Gasteiger partial charge is 0.320 e.